The molecule has 1 amide bonds. The Kier molecular flexibility index (Phi) is 20.8. The highest BCUT2D eigenvalue weighted by atomic mass is 16.6. The second kappa shape index (κ2) is 25.8. The number of hydrogen-bond acceptors (Lipinski definition) is 14. The van der Waals surface area contributed by atoms with Crippen LogP contribution in [0.15, 0.2) is 53.9 Å². The van der Waals surface area contributed by atoms with Crippen LogP contribution in [0.2, 0.25) is 0 Å². The van der Waals surface area contributed by atoms with Crippen LogP contribution in [0.3, 0.4) is 0 Å². The van der Waals surface area contributed by atoms with Crippen molar-refractivity contribution in [2.45, 2.75) is 181 Å². The molecular weight excluding hydrogens is 883 g/mol. The lowest BCUT2D eigenvalue weighted by Crippen LogP contribution is -2.61. The molecule has 3 aliphatic heterocycles. The molecule has 1 aromatic heterocycles. The number of amides is 1. The summed E-state index contributed by atoms with van der Waals surface area (Å²) < 4.78 is 30.2. The number of esters is 1. The number of carbonyl (C=O) groups is 5. The van der Waals surface area contributed by atoms with Crippen LogP contribution in [-0.2, 0) is 47.7 Å². The van der Waals surface area contributed by atoms with Crippen molar-refractivity contribution in [3.8, 4) is 0 Å². The number of allylic oxidation sites excluding steroid dienone is 7. The molecule has 5 rings (SSSR count). The Hall–Kier alpha value is -4.22. The number of ether oxygens (including phenoxy) is 5. The SMILES string of the molecule is CO[C@H]1CC2CC[C@@H](C)[C@@](O)(O2)C(=O)C(=O)N2CCCCC2C(=O)O[C@H]([C@H](C)C[C@@H]2CC[C@H](n3ncnn3)[C@H](OC)C2)CC(=O)C(C)=CC(C)[C@@H](C)[C@@H](OC)C(=O)[C@H](C)C[C@H](C)C=CC=CC=C1C. The molecule has 0 spiro atoms. The summed E-state index contributed by atoms with van der Waals surface area (Å²) in [6, 6.07) is -1.19. The van der Waals surface area contributed by atoms with E-state index in [1.54, 1.807) is 40.0 Å². The third-order valence-electron chi connectivity index (χ3n) is 15.6. The molecule has 0 aromatic carbocycles. The van der Waals surface area contributed by atoms with E-state index in [9.17, 15) is 29.1 Å². The number of carbonyl (C=O) groups excluding carboxylic acids is 5. The Morgan fingerprint density at radius 3 is 2.32 bits per heavy atom. The fourth-order valence-corrected chi connectivity index (χ4v) is 10.9. The average molecular weight is 964 g/mol. The number of Topliss-reactive ketones (excluding diaryl/α,β-unsaturated/α-hetero) is 3. The van der Waals surface area contributed by atoms with Gasteiger partial charge in [0.15, 0.2) is 17.9 Å². The van der Waals surface area contributed by atoms with Gasteiger partial charge in [-0.15, -0.1) is 10.2 Å². The van der Waals surface area contributed by atoms with Gasteiger partial charge in [-0.3, -0.25) is 19.2 Å². The van der Waals surface area contributed by atoms with E-state index in [0.29, 0.717) is 56.9 Å². The van der Waals surface area contributed by atoms with Gasteiger partial charge in [-0.05, 0) is 124 Å². The van der Waals surface area contributed by atoms with Crippen LogP contribution in [0.5, 0.6) is 0 Å². The summed E-state index contributed by atoms with van der Waals surface area (Å²) in [5, 5.41) is 24.3. The Bertz CT molecular complexity index is 2020. The molecule has 15 atom stereocenters. The first-order valence-electron chi connectivity index (χ1n) is 25.4. The van der Waals surface area contributed by atoms with Crippen LogP contribution >= 0.6 is 0 Å². The van der Waals surface area contributed by atoms with E-state index in [-0.39, 0.29) is 78.6 Å². The van der Waals surface area contributed by atoms with E-state index in [2.05, 4.69) is 28.4 Å². The number of fused-ring (bicyclic) bond motifs is 3. The number of tetrazole rings is 1. The monoisotopic (exact) mass is 964 g/mol. The molecule has 69 heavy (non-hydrogen) atoms. The standard InChI is InChI=1S/C53H81N5O11/c1-32-17-13-12-14-18-33(2)45(65-9)29-41-22-20-38(7)53(64,69-41)50(61)51(62)57-24-16-15-19-43(57)52(63)68-46(36(5)27-40-21-23-42(47(28-40)66-10)58-55-31-54-56-58)30-44(59)35(4)26-34(3)39(8)49(67-11)48(60)37(6)25-32/h12-14,17-18,26,31-32,34,36-43,45-47,49,64H,15-16,19-25,27-30H2,1-11H3/t32-,34?,36-,37-,38-,39-,40+,41?,42+,43?,45+,46+,47-,49-,53-/m1/s1. The minimum Gasteiger partial charge on any atom is -0.460 e. The topological polar surface area (TPSA) is 199 Å². The summed E-state index contributed by atoms with van der Waals surface area (Å²) in [6.07, 6.45) is 16.4. The molecule has 4 heterocycles. The minimum atomic E-state index is -2.42. The predicted octanol–water partition coefficient (Wildman–Crippen LogP) is 7.32. The zero-order chi connectivity index (χ0) is 50.6. The molecule has 1 aromatic rings. The number of rotatable bonds is 7. The molecule has 384 valence electrons. The highest BCUT2D eigenvalue weighted by Crippen LogP contribution is 2.39. The molecule has 3 unspecified atom stereocenters. The maximum absolute atomic E-state index is 14.5. The molecule has 16 heteroatoms. The molecule has 16 nitrogen and oxygen atoms in total. The van der Waals surface area contributed by atoms with Gasteiger partial charge in [0.2, 0.25) is 5.79 Å². The van der Waals surface area contributed by atoms with Crippen molar-refractivity contribution in [3.05, 3.63) is 53.9 Å². The van der Waals surface area contributed by atoms with Crippen molar-refractivity contribution in [1.82, 2.24) is 25.1 Å². The lowest BCUT2D eigenvalue weighted by molar-refractivity contribution is -0.265. The highest BCUT2D eigenvalue weighted by Gasteiger charge is 2.53. The molecule has 3 fully saturated rings. The molecule has 4 aliphatic rings. The third-order valence-corrected chi connectivity index (χ3v) is 15.6. The van der Waals surface area contributed by atoms with Gasteiger partial charge >= 0.3 is 5.97 Å². The smallest absolute Gasteiger partial charge is 0.329 e. The number of methoxy groups -OCH3 is 3. The summed E-state index contributed by atoms with van der Waals surface area (Å²) in [4.78, 5) is 74.2. The van der Waals surface area contributed by atoms with Gasteiger partial charge in [0.25, 0.3) is 11.7 Å². The molecule has 1 saturated carbocycles. The number of aromatic nitrogens is 4. The maximum atomic E-state index is 14.5. The number of piperidine rings is 1. The Balaban J connectivity index is 1.46. The van der Waals surface area contributed by atoms with E-state index in [1.807, 2.05) is 65.0 Å². The summed E-state index contributed by atoms with van der Waals surface area (Å²) in [5.41, 5.74) is 1.38. The van der Waals surface area contributed by atoms with Crippen LogP contribution in [0.25, 0.3) is 0 Å². The normalized spacial score (nSPS) is 36.3. The van der Waals surface area contributed by atoms with Crippen molar-refractivity contribution in [1.29, 1.82) is 0 Å². The van der Waals surface area contributed by atoms with Gasteiger partial charge in [-0.25, -0.2) is 4.79 Å². The first kappa shape index (κ1) is 55.7. The second-order valence-electron chi connectivity index (χ2n) is 20.7. The summed E-state index contributed by atoms with van der Waals surface area (Å²) in [6.45, 7) is 15.4. The van der Waals surface area contributed by atoms with Gasteiger partial charge in [0.05, 0.1) is 24.4 Å². The molecule has 0 radical (unpaired) electrons. The second-order valence-corrected chi connectivity index (χ2v) is 20.7. The van der Waals surface area contributed by atoms with E-state index >= 15 is 0 Å². The van der Waals surface area contributed by atoms with Crippen molar-refractivity contribution in [3.63, 3.8) is 0 Å². The summed E-state index contributed by atoms with van der Waals surface area (Å²) in [7, 11) is 4.81. The first-order valence-corrected chi connectivity index (χ1v) is 25.4. The Morgan fingerprint density at radius 1 is 0.884 bits per heavy atom. The number of cyclic esters (lactones) is 1. The number of hydrogen-bond donors (Lipinski definition) is 1. The van der Waals surface area contributed by atoms with Gasteiger partial charge < -0.3 is 33.7 Å². The maximum Gasteiger partial charge on any atom is 0.329 e. The quantitative estimate of drug-likeness (QED) is 0.211. The molecule has 1 N–H and O–H groups in total. The Labute approximate surface area is 410 Å². The number of ketones is 3. The fourth-order valence-electron chi connectivity index (χ4n) is 10.9. The van der Waals surface area contributed by atoms with Gasteiger partial charge in [-0.2, -0.15) is 4.80 Å². The van der Waals surface area contributed by atoms with Crippen molar-refractivity contribution in [2.24, 2.45) is 41.4 Å². The van der Waals surface area contributed by atoms with Crippen LogP contribution in [0.4, 0.5) is 0 Å². The summed E-state index contributed by atoms with van der Waals surface area (Å²) >= 11 is 0. The van der Waals surface area contributed by atoms with Crippen LogP contribution < -0.4 is 0 Å². The van der Waals surface area contributed by atoms with E-state index in [0.717, 1.165) is 18.4 Å². The molecular formula is C53H81N5O11. The molecule has 1 aliphatic carbocycles. The molecule has 2 bridgehead atoms. The zero-order valence-electron chi connectivity index (χ0n) is 43.1. The predicted molar refractivity (Wildman–Crippen MR) is 259 cm³/mol. The lowest BCUT2D eigenvalue weighted by atomic mass is 9.77. The number of nitrogens with zero attached hydrogens (tertiary/aromatic N) is 5. The van der Waals surface area contributed by atoms with Gasteiger partial charge in [0.1, 0.15) is 18.2 Å². The van der Waals surface area contributed by atoms with Crippen LogP contribution in [0.1, 0.15) is 138 Å². The number of aliphatic hydroxyl groups is 1. The van der Waals surface area contributed by atoms with E-state index in [1.165, 1.54) is 11.2 Å². The van der Waals surface area contributed by atoms with E-state index < -0.39 is 59.8 Å². The van der Waals surface area contributed by atoms with Crippen molar-refractivity contribution in [2.75, 3.05) is 27.9 Å². The average Bonchev–Trinajstić information content (AvgIpc) is 3.88. The molecule has 2 saturated heterocycles. The van der Waals surface area contributed by atoms with Crippen LogP contribution in [-0.4, -0.2) is 130 Å². The zero-order valence-corrected chi connectivity index (χ0v) is 43.1. The highest BCUT2D eigenvalue weighted by molar-refractivity contribution is 6.39. The van der Waals surface area contributed by atoms with Gasteiger partial charge in [0, 0.05) is 52.6 Å². The fraction of sp³-hybridized carbons (Fsp3) is 0.736. The van der Waals surface area contributed by atoms with Crippen molar-refractivity contribution < 1.29 is 52.8 Å². The lowest BCUT2D eigenvalue weighted by Gasteiger charge is -2.42. The van der Waals surface area contributed by atoms with Gasteiger partial charge in [-0.1, -0.05) is 78.0 Å². The third kappa shape index (κ3) is 14.2. The summed E-state index contributed by atoms with van der Waals surface area (Å²) in [5.74, 6) is -6.92. The Morgan fingerprint density at radius 2 is 1.64 bits per heavy atom. The minimum absolute atomic E-state index is 0.00743. The van der Waals surface area contributed by atoms with Crippen molar-refractivity contribution >= 4 is 29.2 Å². The van der Waals surface area contributed by atoms with E-state index in [4.69, 9.17) is 23.7 Å². The largest absolute Gasteiger partial charge is 0.460 e. The first-order chi connectivity index (χ1) is 32.8. The van der Waals surface area contributed by atoms with Crippen LogP contribution in [0, 0.1) is 41.4 Å².